The summed E-state index contributed by atoms with van der Waals surface area (Å²) in [6.45, 7) is 6.54. The fourth-order valence-corrected chi connectivity index (χ4v) is 4.13. The molecule has 2 atom stereocenters. The molecule has 192 valence electrons. The van der Waals surface area contributed by atoms with E-state index in [0.717, 1.165) is 29.8 Å². The second-order valence-electron chi connectivity index (χ2n) is 8.15. The summed E-state index contributed by atoms with van der Waals surface area (Å²) in [6.07, 6.45) is 0.664. The van der Waals surface area contributed by atoms with Gasteiger partial charge in [-0.3, -0.25) is 4.79 Å². The van der Waals surface area contributed by atoms with E-state index < -0.39 is 29.6 Å². The normalized spacial score (nSPS) is 17.0. The maximum absolute atomic E-state index is 14.2. The topological polar surface area (TPSA) is 55.8 Å². The summed E-state index contributed by atoms with van der Waals surface area (Å²) in [5.74, 6) is -1.78. The Kier molecular flexibility index (Phi) is 11.0. The number of aliphatic carboxylic acids is 1. The molecular weight excluding hydrogens is 504 g/mol. The molecule has 0 aliphatic carbocycles. The number of carbonyl (C=O) groups is 1. The van der Waals surface area contributed by atoms with Crippen molar-refractivity contribution in [3.8, 4) is 0 Å². The lowest BCUT2D eigenvalue weighted by Crippen LogP contribution is -2.14. The number of halogens is 4. The molecule has 2 rings (SSSR count). The summed E-state index contributed by atoms with van der Waals surface area (Å²) in [4.78, 5) is 11.8. The van der Waals surface area contributed by atoms with E-state index >= 15 is 0 Å². The average Bonchev–Trinajstić information content (AvgIpc) is 3.22. The van der Waals surface area contributed by atoms with Crippen LogP contribution in [-0.4, -0.2) is 35.3 Å². The molecule has 1 N–H and O–H groups in total. The highest BCUT2D eigenvalue weighted by Gasteiger charge is 2.32. The van der Waals surface area contributed by atoms with Crippen LogP contribution in [0.5, 0.6) is 0 Å². The number of allylic oxidation sites excluding steroid dienone is 1. The van der Waals surface area contributed by atoms with Gasteiger partial charge in [-0.25, -0.2) is 4.39 Å². The number of benzene rings is 1. The Labute approximate surface area is 213 Å². The van der Waals surface area contributed by atoms with E-state index in [1.165, 1.54) is 0 Å². The number of carboxylic acids is 1. The zero-order chi connectivity index (χ0) is 26.2. The third-order valence-corrected chi connectivity index (χ3v) is 6.17. The molecule has 2 unspecified atom stereocenters. The Balaban J connectivity index is 1.95. The van der Waals surface area contributed by atoms with Crippen molar-refractivity contribution in [2.45, 2.75) is 51.3 Å². The van der Waals surface area contributed by atoms with Gasteiger partial charge in [0.05, 0.1) is 24.2 Å². The minimum absolute atomic E-state index is 0.0352. The van der Waals surface area contributed by atoms with E-state index in [1.807, 2.05) is 6.92 Å². The van der Waals surface area contributed by atoms with Gasteiger partial charge in [-0.1, -0.05) is 25.2 Å². The van der Waals surface area contributed by atoms with Gasteiger partial charge in [0.2, 0.25) is 0 Å². The van der Waals surface area contributed by atoms with E-state index in [4.69, 9.17) is 26.8 Å². The van der Waals surface area contributed by atoms with E-state index in [0.29, 0.717) is 36.0 Å². The standard InChI is InChI=1S/C25H28F4O4S2/c1-15(19(16(2)34)5-3-4-11-32-12-10-24(30)31)23(35)14-18-7-9-22(33-18)20-13-17(25(27,28)29)6-8-21(20)26/h6,8-9,13-14,18-19,35H,1,3-5,7,10-12H2,2H3,(H,30,31)/b23-14-. The monoisotopic (exact) mass is 532 g/mol. The maximum atomic E-state index is 14.2. The molecule has 4 nitrogen and oxygen atoms in total. The molecular formula is C25H28F4O4S2. The third-order valence-electron chi connectivity index (χ3n) is 5.45. The lowest BCUT2D eigenvalue weighted by Gasteiger charge is -2.20. The predicted molar refractivity (Wildman–Crippen MR) is 134 cm³/mol. The van der Waals surface area contributed by atoms with E-state index in [9.17, 15) is 22.4 Å². The van der Waals surface area contributed by atoms with Crippen LogP contribution < -0.4 is 0 Å². The minimum atomic E-state index is -4.59. The van der Waals surface area contributed by atoms with Crippen LogP contribution >= 0.6 is 24.8 Å². The summed E-state index contributed by atoms with van der Waals surface area (Å²) in [5.41, 5.74) is -0.504. The van der Waals surface area contributed by atoms with Gasteiger partial charge in [-0.2, -0.15) is 13.2 Å². The van der Waals surface area contributed by atoms with Crippen LogP contribution in [-0.2, 0) is 20.4 Å². The molecule has 0 fully saturated rings. The van der Waals surface area contributed by atoms with Crippen LogP contribution in [0.25, 0.3) is 5.76 Å². The Hall–Kier alpha value is -2.17. The molecule has 0 saturated carbocycles. The van der Waals surface area contributed by atoms with Gasteiger partial charge in [0.15, 0.2) is 0 Å². The molecule has 10 heteroatoms. The van der Waals surface area contributed by atoms with Crippen LogP contribution in [0.15, 0.2) is 47.4 Å². The Morgan fingerprint density at radius 3 is 2.71 bits per heavy atom. The van der Waals surface area contributed by atoms with Crippen molar-refractivity contribution in [2.75, 3.05) is 13.2 Å². The number of hydrogen-bond acceptors (Lipinski definition) is 5. The van der Waals surface area contributed by atoms with Crippen LogP contribution in [0.3, 0.4) is 0 Å². The quantitative estimate of drug-likeness (QED) is 0.0941. The number of thiol groups is 1. The Morgan fingerprint density at radius 1 is 1.37 bits per heavy atom. The van der Waals surface area contributed by atoms with Gasteiger partial charge in [-0.05, 0) is 60.6 Å². The lowest BCUT2D eigenvalue weighted by molar-refractivity contribution is -0.138. The van der Waals surface area contributed by atoms with Gasteiger partial charge in [0.1, 0.15) is 17.7 Å². The smallest absolute Gasteiger partial charge is 0.416 e. The molecule has 1 heterocycles. The maximum Gasteiger partial charge on any atom is 0.416 e. The Morgan fingerprint density at radius 2 is 2.09 bits per heavy atom. The van der Waals surface area contributed by atoms with Gasteiger partial charge < -0.3 is 14.6 Å². The second kappa shape index (κ2) is 13.2. The molecule has 0 saturated heterocycles. The zero-order valence-electron chi connectivity index (χ0n) is 19.2. The summed E-state index contributed by atoms with van der Waals surface area (Å²) in [6, 6.07) is 2.21. The van der Waals surface area contributed by atoms with Crippen molar-refractivity contribution in [3.63, 3.8) is 0 Å². The van der Waals surface area contributed by atoms with Crippen molar-refractivity contribution in [1.82, 2.24) is 0 Å². The summed E-state index contributed by atoms with van der Waals surface area (Å²) in [7, 11) is 0. The van der Waals surface area contributed by atoms with Gasteiger partial charge in [0, 0.05) is 23.9 Å². The highest BCUT2D eigenvalue weighted by molar-refractivity contribution is 7.84. The van der Waals surface area contributed by atoms with E-state index in [2.05, 4.69) is 19.2 Å². The SMILES string of the molecule is C=C(/C(S)=C/C1CC=C(c2cc(C(F)(F)F)ccc2F)O1)C(CCCCOCCC(=O)O)C(C)=S. The van der Waals surface area contributed by atoms with E-state index in [-0.39, 0.29) is 30.3 Å². The largest absolute Gasteiger partial charge is 0.486 e. The van der Waals surface area contributed by atoms with Gasteiger partial charge in [-0.15, -0.1) is 12.6 Å². The number of carboxylic acid groups (broad SMARTS) is 1. The number of ether oxygens (including phenoxy) is 2. The number of alkyl halides is 3. The molecule has 0 spiro atoms. The van der Waals surface area contributed by atoms with Crippen LogP contribution in [0.4, 0.5) is 17.6 Å². The fraction of sp³-hybridized carbons (Fsp3) is 0.440. The molecule has 1 aliphatic rings. The minimum Gasteiger partial charge on any atom is -0.486 e. The number of unbranched alkanes of at least 4 members (excludes halogenated alkanes) is 1. The first-order valence-corrected chi connectivity index (χ1v) is 11.9. The molecule has 0 bridgehead atoms. The molecule has 1 aromatic rings. The highest BCUT2D eigenvalue weighted by Crippen LogP contribution is 2.36. The predicted octanol–water partition coefficient (Wildman–Crippen LogP) is 7.01. The van der Waals surface area contributed by atoms with Gasteiger partial charge in [0.25, 0.3) is 0 Å². The number of hydrogen-bond donors (Lipinski definition) is 2. The van der Waals surface area contributed by atoms with Crippen molar-refractivity contribution < 1.29 is 36.9 Å². The molecule has 1 aromatic carbocycles. The summed E-state index contributed by atoms with van der Waals surface area (Å²) >= 11 is 9.92. The van der Waals surface area contributed by atoms with Crippen molar-refractivity contribution in [2.24, 2.45) is 5.92 Å². The van der Waals surface area contributed by atoms with E-state index in [1.54, 1.807) is 12.2 Å². The molecule has 35 heavy (non-hydrogen) atoms. The number of thiocarbonyl (C=S) groups is 1. The van der Waals surface area contributed by atoms with Crippen LogP contribution in [0, 0.1) is 11.7 Å². The first-order valence-electron chi connectivity index (χ1n) is 11.0. The van der Waals surface area contributed by atoms with Crippen molar-refractivity contribution in [3.05, 3.63) is 64.4 Å². The lowest BCUT2D eigenvalue weighted by atomic mass is 9.91. The van der Waals surface area contributed by atoms with Crippen molar-refractivity contribution in [1.29, 1.82) is 0 Å². The van der Waals surface area contributed by atoms with Crippen LogP contribution in [0.1, 0.15) is 50.2 Å². The highest BCUT2D eigenvalue weighted by atomic mass is 32.1. The first kappa shape index (κ1) is 29.1. The summed E-state index contributed by atoms with van der Waals surface area (Å²) < 4.78 is 64.2. The van der Waals surface area contributed by atoms with Crippen molar-refractivity contribution >= 4 is 41.4 Å². The fourth-order valence-electron chi connectivity index (χ4n) is 3.55. The molecule has 0 amide bonds. The second-order valence-corrected chi connectivity index (χ2v) is 9.27. The Bertz CT molecular complexity index is 1000. The third kappa shape index (κ3) is 9.09. The number of rotatable bonds is 13. The van der Waals surface area contributed by atoms with Crippen LogP contribution in [0.2, 0.25) is 0 Å². The summed E-state index contributed by atoms with van der Waals surface area (Å²) in [5, 5.41) is 8.60. The first-order chi connectivity index (χ1) is 16.4. The van der Waals surface area contributed by atoms with Gasteiger partial charge >= 0.3 is 12.1 Å². The molecule has 0 aromatic heterocycles. The molecule has 0 radical (unpaired) electrons. The molecule has 1 aliphatic heterocycles. The average molecular weight is 533 g/mol. The zero-order valence-corrected chi connectivity index (χ0v) is 20.9.